The smallest absolute Gasteiger partial charge is 0.289 e. The van der Waals surface area contributed by atoms with Crippen molar-refractivity contribution in [1.29, 1.82) is 0 Å². The minimum absolute atomic E-state index is 0.0207. The summed E-state index contributed by atoms with van der Waals surface area (Å²) < 4.78 is 15.8. The first-order valence-electron chi connectivity index (χ1n) is 6.73. The lowest BCUT2D eigenvalue weighted by Crippen LogP contribution is -2.41. The largest absolute Gasteiger partial charge is 0.355 e. The van der Waals surface area contributed by atoms with Crippen LogP contribution in [0.3, 0.4) is 0 Å². The van der Waals surface area contributed by atoms with Crippen LogP contribution in [0.2, 0.25) is 0 Å². The molecule has 3 rings (SSSR count). The van der Waals surface area contributed by atoms with Crippen LogP contribution in [0.25, 0.3) is 0 Å². The molecule has 0 fully saturated rings. The summed E-state index contributed by atoms with van der Waals surface area (Å²) in [6.07, 6.45) is 0. The number of Topliss-reactive ketones (excluding diaryl/α,β-unsaturated/α-hetero) is 1. The summed E-state index contributed by atoms with van der Waals surface area (Å²) in [7, 11) is 0. The molecule has 2 heterocycles. The van der Waals surface area contributed by atoms with Gasteiger partial charge in [0.1, 0.15) is 5.82 Å². The van der Waals surface area contributed by atoms with Crippen molar-refractivity contribution < 1.29 is 13.9 Å². The highest BCUT2D eigenvalue weighted by atomic mass is 32.2. The van der Waals surface area contributed by atoms with Crippen molar-refractivity contribution in [2.75, 3.05) is 5.73 Å². The molecule has 0 aliphatic carbocycles. The Balaban J connectivity index is 1.66. The molecular formula is C15H13FN3OS3+. The van der Waals surface area contributed by atoms with Gasteiger partial charge in [0.15, 0.2) is 6.54 Å². The average Bonchev–Trinajstić information content (AvgIpc) is 3.17. The summed E-state index contributed by atoms with van der Waals surface area (Å²) in [4.78, 5) is 12.8. The van der Waals surface area contributed by atoms with Crippen LogP contribution in [0, 0.1) is 5.82 Å². The van der Waals surface area contributed by atoms with E-state index in [1.807, 2.05) is 11.4 Å². The fourth-order valence-electron chi connectivity index (χ4n) is 1.89. The molecule has 4 nitrogen and oxygen atoms in total. The van der Waals surface area contributed by atoms with Crippen LogP contribution in [0.5, 0.6) is 0 Å². The minimum Gasteiger partial charge on any atom is -0.289 e. The maximum absolute atomic E-state index is 13.6. The molecule has 0 saturated carbocycles. The van der Waals surface area contributed by atoms with Gasteiger partial charge in [-0.05, 0) is 34.4 Å². The number of hydrogen-bond donors (Lipinski definition) is 1. The van der Waals surface area contributed by atoms with E-state index in [2.05, 4.69) is 5.10 Å². The number of carbonyl (C=O) groups is 1. The van der Waals surface area contributed by atoms with Gasteiger partial charge in [0, 0.05) is 5.75 Å². The van der Waals surface area contributed by atoms with Crippen molar-refractivity contribution in [3.05, 3.63) is 58.0 Å². The van der Waals surface area contributed by atoms with Gasteiger partial charge in [0.25, 0.3) is 0 Å². The average molecular weight is 366 g/mol. The van der Waals surface area contributed by atoms with Crippen molar-refractivity contribution in [1.82, 2.24) is 5.10 Å². The lowest BCUT2D eigenvalue weighted by atomic mass is 10.2. The topological polar surface area (TPSA) is 59.9 Å². The normalized spacial score (nSPS) is 10.8. The predicted molar refractivity (Wildman–Crippen MR) is 91.3 cm³/mol. The standard InChI is InChI=1S/C15H12FN3OS3/c16-11-5-2-1-4-10(11)9-22-15-18-19(14(17)23-15)8-12(20)13-6-3-7-21-13/h1-7,17H,8-9H2/p+1. The molecule has 0 aliphatic heterocycles. The number of nitrogens with two attached hydrogens (primary N) is 1. The predicted octanol–water partition coefficient (Wildman–Crippen LogP) is 3.39. The van der Waals surface area contributed by atoms with E-state index >= 15 is 0 Å². The van der Waals surface area contributed by atoms with E-state index in [4.69, 9.17) is 5.73 Å². The number of thiophene rings is 1. The molecule has 0 bridgehead atoms. The molecule has 0 radical (unpaired) electrons. The summed E-state index contributed by atoms with van der Waals surface area (Å²) in [5, 5.41) is 6.66. The molecule has 0 saturated heterocycles. The van der Waals surface area contributed by atoms with Gasteiger partial charge in [-0.2, -0.15) is 0 Å². The van der Waals surface area contributed by atoms with E-state index in [9.17, 15) is 9.18 Å². The van der Waals surface area contributed by atoms with E-state index in [0.29, 0.717) is 25.7 Å². The second-order valence-electron chi connectivity index (χ2n) is 4.64. The van der Waals surface area contributed by atoms with Crippen LogP contribution in [-0.2, 0) is 12.3 Å². The Morgan fingerprint density at radius 2 is 2.13 bits per heavy atom. The molecule has 2 aromatic heterocycles. The molecule has 2 N–H and O–H groups in total. The Labute approximate surface area is 144 Å². The molecule has 0 atom stereocenters. The maximum atomic E-state index is 13.6. The molecule has 118 valence electrons. The third kappa shape index (κ3) is 3.95. The van der Waals surface area contributed by atoms with Crippen molar-refractivity contribution in [3.8, 4) is 0 Å². The number of ketones is 1. The van der Waals surface area contributed by atoms with E-state index in [-0.39, 0.29) is 18.1 Å². The molecule has 0 amide bonds. The van der Waals surface area contributed by atoms with Crippen LogP contribution in [0.4, 0.5) is 9.52 Å². The Morgan fingerprint density at radius 3 is 2.87 bits per heavy atom. The summed E-state index contributed by atoms with van der Waals surface area (Å²) >= 11 is 4.10. The molecule has 3 aromatic rings. The highest BCUT2D eigenvalue weighted by Gasteiger charge is 2.19. The molecule has 0 aliphatic rings. The SMILES string of the molecule is Nc1sc(SCc2ccccc2F)n[n+]1CC(=O)c1cccs1. The van der Waals surface area contributed by atoms with Gasteiger partial charge >= 0.3 is 5.13 Å². The third-order valence-corrected chi connectivity index (χ3v) is 6.02. The number of nitrogens with zero attached hydrogens (tertiary/aromatic N) is 2. The molecular weight excluding hydrogens is 353 g/mol. The first-order chi connectivity index (χ1) is 11.1. The summed E-state index contributed by atoms with van der Waals surface area (Å²) in [6.45, 7) is 0.114. The Hall–Kier alpha value is -1.77. The fourth-order valence-corrected chi connectivity index (χ4v) is 4.41. The number of thioether (sulfide) groups is 1. The molecule has 0 spiro atoms. The highest BCUT2D eigenvalue weighted by molar-refractivity contribution is 8.00. The van der Waals surface area contributed by atoms with Crippen molar-refractivity contribution in [2.45, 2.75) is 16.6 Å². The summed E-state index contributed by atoms with van der Waals surface area (Å²) in [5.41, 5.74) is 6.54. The highest BCUT2D eigenvalue weighted by Crippen LogP contribution is 2.27. The van der Waals surface area contributed by atoms with Gasteiger partial charge in [0.2, 0.25) is 10.1 Å². The number of hydrogen-bond acceptors (Lipinski definition) is 6. The van der Waals surface area contributed by atoms with Gasteiger partial charge in [0.05, 0.1) is 4.88 Å². The number of aromatic nitrogens is 2. The Morgan fingerprint density at radius 1 is 1.30 bits per heavy atom. The minimum atomic E-state index is -0.231. The van der Waals surface area contributed by atoms with Gasteiger partial charge in [-0.25, -0.2) is 4.39 Å². The summed E-state index contributed by atoms with van der Waals surface area (Å²) in [6, 6.07) is 10.3. The zero-order valence-electron chi connectivity index (χ0n) is 11.9. The van der Waals surface area contributed by atoms with Crippen LogP contribution >= 0.6 is 34.4 Å². The maximum Gasteiger partial charge on any atom is 0.355 e. The first-order valence-corrected chi connectivity index (χ1v) is 9.41. The van der Waals surface area contributed by atoms with Gasteiger partial charge in [-0.1, -0.05) is 41.1 Å². The van der Waals surface area contributed by atoms with E-state index < -0.39 is 0 Å². The van der Waals surface area contributed by atoms with Crippen LogP contribution in [0.1, 0.15) is 15.2 Å². The number of benzene rings is 1. The van der Waals surface area contributed by atoms with E-state index in [1.165, 1.54) is 45.2 Å². The second-order valence-corrected chi connectivity index (χ2v) is 7.82. The van der Waals surface area contributed by atoms with Crippen LogP contribution < -0.4 is 10.4 Å². The van der Waals surface area contributed by atoms with Gasteiger partial charge in [-0.15, -0.1) is 16.0 Å². The van der Waals surface area contributed by atoms with Crippen LogP contribution in [0.15, 0.2) is 46.1 Å². The van der Waals surface area contributed by atoms with Crippen LogP contribution in [-0.4, -0.2) is 10.9 Å². The zero-order valence-corrected chi connectivity index (χ0v) is 14.4. The molecule has 8 heteroatoms. The molecule has 1 aromatic carbocycles. The molecule has 23 heavy (non-hydrogen) atoms. The van der Waals surface area contributed by atoms with Crippen molar-refractivity contribution in [2.24, 2.45) is 0 Å². The van der Waals surface area contributed by atoms with Gasteiger partial charge in [-0.3, -0.25) is 10.5 Å². The zero-order chi connectivity index (χ0) is 16.2. The second kappa shape index (κ2) is 7.20. The van der Waals surface area contributed by atoms with E-state index in [1.54, 1.807) is 24.3 Å². The number of nitrogen functional groups attached to an aromatic ring is 1. The fraction of sp³-hybridized carbons (Fsp3) is 0.133. The number of anilines is 1. The number of rotatable bonds is 6. The van der Waals surface area contributed by atoms with E-state index in [0.717, 1.165) is 0 Å². The lowest BCUT2D eigenvalue weighted by Gasteiger charge is -1.99. The number of carbonyl (C=O) groups excluding carboxylic acids is 1. The first kappa shape index (κ1) is 16.1. The number of halogens is 1. The molecule has 0 unspecified atom stereocenters. The monoisotopic (exact) mass is 366 g/mol. The lowest BCUT2D eigenvalue weighted by molar-refractivity contribution is -0.725. The summed E-state index contributed by atoms with van der Waals surface area (Å²) in [5.74, 6) is 0.219. The van der Waals surface area contributed by atoms with Crippen molar-refractivity contribution >= 4 is 45.4 Å². The quantitative estimate of drug-likeness (QED) is 0.413. The van der Waals surface area contributed by atoms with Crippen molar-refractivity contribution in [3.63, 3.8) is 0 Å². The Kier molecular flexibility index (Phi) is 5.04. The Bertz CT molecular complexity index is 817. The van der Waals surface area contributed by atoms with Gasteiger partial charge < -0.3 is 0 Å². The third-order valence-electron chi connectivity index (χ3n) is 3.05.